The van der Waals surface area contributed by atoms with Gasteiger partial charge < -0.3 is 10.1 Å². The minimum absolute atomic E-state index is 0.247. The minimum Gasteiger partial charge on any atom is -0.388 e. The topological polar surface area (TPSA) is 21.3 Å². The van der Waals surface area contributed by atoms with E-state index >= 15 is 0 Å². The Morgan fingerprint density at radius 2 is 1.89 bits per heavy atom. The molecule has 3 rings (SSSR count). The molecule has 2 atom stereocenters. The largest absolute Gasteiger partial charge is 0.388 e. The quantitative estimate of drug-likeness (QED) is 0.871. The second-order valence-corrected chi connectivity index (χ2v) is 5.27. The molecule has 2 heteroatoms. The fourth-order valence-electron chi connectivity index (χ4n) is 2.98. The van der Waals surface area contributed by atoms with Crippen molar-refractivity contribution in [2.75, 3.05) is 12.4 Å². The molecule has 0 radical (unpaired) electrons. The normalized spacial score (nSPS) is 22.8. The lowest BCUT2D eigenvalue weighted by Crippen LogP contribution is -2.06. The van der Waals surface area contributed by atoms with Crippen LogP contribution in [-0.2, 0) is 4.74 Å². The zero-order valence-electron chi connectivity index (χ0n) is 11.6. The average Bonchev–Trinajstić information content (AvgIpc) is 2.94. The molecule has 1 N–H and O–H groups in total. The molecule has 1 aliphatic heterocycles. The van der Waals surface area contributed by atoms with Crippen molar-refractivity contribution in [2.24, 2.45) is 0 Å². The van der Waals surface area contributed by atoms with Crippen molar-refractivity contribution in [3.63, 3.8) is 0 Å². The Bertz CT molecular complexity index is 578. The summed E-state index contributed by atoms with van der Waals surface area (Å²) >= 11 is 0. The highest BCUT2D eigenvalue weighted by molar-refractivity contribution is 5.87. The van der Waals surface area contributed by atoms with Gasteiger partial charge in [0.15, 0.2) is 0 Å². The third-order valence-electron chi connectivity index (χ3n) is 4.10. The number of benzene rings is 2. The van der Waals surface area contributed by atoms with E-state index < -0.39 is 0 Å². The predicted molar refractivity (Wildman–Crippen MR) is 80.6 cm³/mol. The molecule has 0 spiro atoms. The highest BCUT2D eigenvalue weighted by atomic mass is 16.5. The third-order valence-corrected chi connectivity index (χ3v) is 4.10. The fraction of sp³-hybridized carbons (Fsp3) is 0.412. The van der Waals surface area contributed by atoms with E-state index in [4.69, 9.17) is 4.74 Å². The Morgan fingerprint density at radius 1 is 1.16 bits per heavy atom. The van der Waals surface area contributed by atoms with Gasteiger partial charge in [-0.15, -0.1) is 0 Å². The van der Waals surface area contributed by atoms with Crippen molar-refractivity contribution in [1.29, 1.82) is 0 Å². The van der Waals surface area contributed by atoms with Crippen molar-refractivity contribution < 1.29 is 4.74 Å². The summed E-state index contributed by atoms with van der Waals surface area (Å²) in [4.78, 5) is 0. The fourth-order valence-corrected chi connectivity index (χ4v) is 2.98. The van der Waals surface area contributed by atoms with Crippen LogP contribution in [0.25, 0.3) is 10.8 Å². The van der Waals surface area contributed by atoms with Crippen LogP contribution in [0.1, 0.15) is 37.9 Å². The summed E-state index contributed by atoms with van der Waals surface area (Å²) < 4.78 is 6.15. The summed E-state index contributed by atoms with van der Waals surface area (Å²) in [5.41, 5.74) is 2.50. The van der Waals surface area contributed by atoms with E-state index in [-0.39, 0.29) is 6.10 Å². The highest BCUT2D eigenvalue weighted by Crippen LogP contribution is 2.39. The molecule has 0 saturated carbocycles. The molecule has 0 aromatic heterocycles. The van der Waals surface area contributed by atoms with Crippen molar-refractivity contribution in [2.45, 2.75) is 38.4 Å². The molecule has 2 aromatic carbocycles. The maximum atomic E-state index is 6.15. The van der Waals surface area contributed by atoms with Gasteiger partial charge in [-0.25, -0.2) is 0 Å². The first-order valence-electron chi connectivity index (χ1n) is 7.17. The summed E-state index contributed by atoms with van der Waals surface area (Å²) in [5.74, 6) is 0. The van der Waals surface area contributed by atoms with Crippen LogP contribution in [-0.4, -0.2) is 13.2 Å². The zero-order chi connectivity index (χ0) is 13.2. The van der Waals surface area contributed by atoms with Gasteiger partial charge in [-0.1, -0.05) is 31.2 Å². The lowest BCUT2D eigenvalue weighted by atomic mass is 9.99. The molecule has 100 valence electrons. The molecule has 0 unspecified atom stereocenters. The second kappa shape index (κ2) is 5.22. The van der Waals surface area contributed by atoms with Crippen LogP contribution in [0, 0.1) is 0 Å². The molecular weight excluding hydrogens is 234 g/mol. The lowest BCUT2D eigenvalue weighted by molar-refractivity contribution is 0.0432. The number of nitrogens with one attached hydrogen (secondary N) is 1. The summed E-state index contributed by atoms with van der Waals surface area (Å²) in [5, 5.41) is 5.89. The molecule has 1 aliphatic rings. The SMILES string of the molecule is CC[C@@H]1CC[C@H](c2cc3ccccc3cc2NC)O1. The molecule has 0 aliphatic carbocycles. The van der Waals surface area contributed by atoms with Crippen molar-refractivity contribution in [3.8, 4) is 0 Å². The molecule has 2 nitrogen and oxygen atoms in total. The molecule has 0 amide bonds. The van der Waals surface area contributed by atoms with E-state index in [9.17, 15) is 0 Å². The number of rotatable bonds is 3. The Kier molecular flexibility index (Phi) is 3.43. The number of fused-ring (bicyclic) bond motifs is 1. The smallest absolute Gasteiger partial charge is 0.0849 e. The molecule has 0 bridgehead atoms. The van der Waals surface area contributed by atoms with Gasteiger partial charge in [0, 0.05) is 18.3 Å². The molecule has 19 heavy (non-hydrogen) atoms. The highest BCUT2D eigenvalue weighted by Gasteiger charge is 2.27. The van der Waals surface area contributed by atoms with Crippen LogP contribution in [0.4, 0.5) is 5.69 Å². The van der Waals surface area contributed by atoms with Crippen molar-refractivity contribution in [3.05, 3.63) is 42.0 Å². The number of hydrogen-bond donors (Lipinski definition) is 1. The van der Waals surface area contributed by atoms with Gasteiger partial charge in [0.25, 0.3) is 0 Å². The zero-order valence-corrected chi connectivity index (χ0v) is 11.6. The van der Waals surface area contributed by atoms with E-state index in [0.29, 0.717) is 6.10 Å². The first kappa shape index (κ1) is 12.5. The Labute approximate surface area is 114 Å². The van der Waals surface area contributed by atoms with Gasteiger partial charge in [0.2, 0.25) is 0 Å². The molecular formula is C17H21NO. The van der Waals surface area contributed by atoms with Gasteiger partial charge >= 0.3 is 0 Å². The molecule has 1 fully saturated rings. The van der Waals surface area contributed by atoms with E-state index in [1.165, 1.54) is 28.4 Å². The Balaban J connectivity index is 2.02. The number of ether oxygens (including phenoxy) is 1. The van der Waals surface area contributed by atoms with Crippen LogP contribution >= 0.6 is 0 Å². The van der Waals surface area contributed by atoms with E-state index in [1.54, 1.807) is 0 Å². The van der Waals surface area contributed by atoms with Crippen LogP contribution in [0.3, 0.4) is 0 Å². The van der Waals surface area contributed by atoms with Crippen molar-refractivity contribution >= 4 is 16.5 Å². The number of hydrogen-bond acceptors (Lipinski definition) is 2. The summed E-state index contributed by atoms with van der Waals surface area (Å²) in [6.45, 7) is 2.20. The predicted octanol–water partition coefficient (Wildman–Crippen LogP) is 4.51. The van der Waals surface area contributed by atoms with Gasteiger partial charge in [-0.05, 0) is 42.2 Å². The molecule has 2 aromatic rings. The van der Waals surface area contributed by atoms with E-state index in [1.807, 2.05) is 7.05 Å². The Morgan fingerprint density at radius 3 is 2.53 bits per heavy atom. The first-order valence-corrected chi connectivity index (χ1v) is 7.17. The maximum Gasteiger partial charge on any atom is 0.0849 e. The Hall–Kier alpha value is -1.54. The standard InChI is InChI=1S/C17H21NO/c1-3-14-8-9-17(19-14)15-10-12-6-4-5-7-13(12)11-16(15)18-2/h4-7,10-11,14,17-18H,3,8-9H2,1-2H3/t14-,17-/m1/s1. The van der Waals surface area contributed by atoms with Gasteiger partial charge in [-0.2, -0.15) is 0 Å². The van der Waals surface area contributed by atoms with Crippen LogP contribution in [0.5, 0.6) is 0 Å². The van der Waals surface area contributed by atoms with Crippen molar-refractivity contribution in [1.82, 2.24) is 0 Å². The summed E-state index contributed by atoms with van der Waals surface area (Å²) in [7, 11) is 1.99. The van der Waals surface area contributed by atoms with E-state index in [0.717, 1.165) is 12.8 Å². The van der Waals surface area contributed by atoms with Gasteiger partial charge in [0.05, 0.1) is 12.2 Å². The van der Waals surface area contributed by atoms with Gasteiger partial charge in [-0.3, -0.25) is 0 Å². The van der Waals surface area contributed by atoms with E-state index in [2.05, 4.69) is 48.6 Å². The lowest BCUT2D eigenvalue weighted by Gasteiger charge is -2.18. The molecule has 1 heterocycles. The number of anilines is 1. The van der Waals surface area contributed by atoms with Crippen LogP contribution in [0.2, 0.25) is 0 Å². The molecule has 1 saturated heterocycles. The summed E-state index contributed by atoms with van der Waals surface area (Å²) in [6, 6.07) is 13.0. The first-order chi connectivity index (χ1) is 9.31. The van der Waals surface area contributed by atoms with Gasteiger partial charge in [0.1, 0.15) is 0 Å². The minimum atomic E-state index is 0.247. The average molecular weight is 255 g/mol. The second-order valence-electron chi connectivity index (χ2n) is 5.27. The van der Waals surface area contributed by atoms with Crippen LogP contribution < -0.4 is 5.32 Å². The van der Waals surface area contributed by atoms with Crippen LogP contribution in [0.15, 0.2) is 36.4 Å². The third kappa shape index (κ3) is 2.33. The monoisotopic (exact) mass is 255 g/mol. The maximum absolute atomic E-state index is 6.15. The summed E-state index contributed by atoms with van der Waals surface area (Å²) in [6.07, 6.45) is 4.10.